The normalized spacial score (nSPS) is 21.3. The predicted molar refractivity (Wildman–Crippen MR) is 219 cm³/mol. The molecule has 10 nitrogen and oxygen atoms in total. The fourth-order valence-corrected chi connectivity index (χ4v) is 5.67. The molecule has 10 heteroatoms. The van der Waals surface area contributed by atoms with Gasteiger partial charge >= 0.3 is 11.9 Å². The van der Waals surface area contributed by atoms with E-state index in [1.165, 1.54) is 38.5 Å². The van der Waals surface area contributed by atoms with Crippen LogP contribution in [0, 0.1) is 0 Å². The number of rotatable bonds is 33. The van der Waals surface area contributed by atoms with Crippen molar-refractivity contribution >= 4 is 11.9 Å². The lowest BCUT2D eigenvalue weighted by molar-refractivity contribution is -0.305. The average Bonchev–Trinajstić information content (AvgIpc) is 3.18. The number of carbonyl (C=O) groups is 2. The van der Waals surface area contributed by atoms with Crippen LogP contribution in [0.2, 0.25) is 0 Å². The second kappa shape index (κ2) is 35.5. The first-order chi connectivity index (χ1) is 26.8. The van der Waals surface area contributed by atoms with Crippen molar-refractivity contribution in [2.24, 2.45) is 0 Å². The van der Waals surface area contributed by atoms with Gasteiger partial charge in [-0.1, -0.05) is 112 Å². The van der Waals surface area contributed by atoms with Crippen LogP contribution in [0.3, 0.4) is 0 Å². The number of hydrogen-bond donors (Lipinski definition) is 4. The molecule has 1 fully saturated rings. The number of ether oxygens (including phenoxy) is 4. The summed E-state index contributed by atoms with van der Waals surface area (Å²) >= 11 is 0. The summed E-state index contributed by atoms with van der Waals surface area (Å²) in [6, 6.07) is 0. The second-order valence-electron chi connectivity index (χ2n) is 14.1. The molecule has 6 atom stereocenters. The van der Waals surface area contributed by atoms with E-state index in [4.69, 9.17) is 18.9 Å². The Labute approximate surface area is 332 Å². The van der Waals surface area contributed by atoms with Gasteiger partial charge in [0.05, 0.1) is 13.2 Å². The summed E-state index contributed by atoms with van der Waals surface area (Å²) < 4.78 is 22.0. The van der Waals surface area contributed by atoms with Crippen molar-refractivity contribution in [1.29, 1.82) is 0 Å². The third kappa shape index (κ3) is 27.4. The van der Waals surface area contributed by atoms with Crippen molar-refractivity contribution in [3.63, 3.8) is 0 Å². The number of carbonyl (C=O) groups excluding carboxylic acids is 2. The van der Waals surface area contributed by atoms with Gasteiger partial charge in [0.1, 0.15) is 31.0 Å². The number of aliphatic hydroxyl groups is 4. The third-order valence-electron chi connectivity index (χ3n) is 9.06. The predicted octanol–water partition coefficient (Wildman–Crippen LogP) is 8.44. The minimum atomic E-state index is -1.61. The van der Waals surface area contributed by atoms with E-state index < -0.39 is 55.4 Å². The van der Waals surface area contributed by atoms with Gasteiger partial charge in [-0.15, -0.1) is 0 Å². The van der Waals surface area contributed by atoms with Crippen molar-refractivity contribution in [3.05, 3.63) is 72.9 Å². The molecule has 314 valence electrons. The van der Waals surface area contributed by atoms with E-state index in [1.54, 1.807) is 0 Å². The highest BCUT2D eigenvalue weighted by molar-refractivity contribution is 5.70. The Kier molecular flexibility index (Phi) is 32.4. The number of allylic oxidation sites excluding steroid dienone is 12. The highest BCUT2D eigenvalue weighted by Crippen LogP contribution is 2.22. The van der Waals surface area contributed by atoms with Crippen molar-refractivity contribution < 1.29 is 49.0 Å². The molecule has 1 heterocycles. The van der Waals surface area contributed by atoms with Crippen LogP contribution in [0.25, 0.3) is 0 Å². The number of aliphatic hydroxyl groups excluding tert-OH is 4. The molecular weight excluding hydrogens is 700 g/mol. The van der Waals surface area contributed by atoms with Crippen molar-refractivity contribution in [3.8, 4) is 0 Å². The molecule has 0 saturated carbocycles. The average molecular weight is 775 g/mol. The van der Waals surface area contributed by atoms with Gasteiger partial charge in [-0.2, -0.15) is 0 Å². The van der Waals surface area contributed by atoms with Crippen LogP contribution in [0.1, 0.15) is 142 Å². The van der Waals surface area contributed by atoms with E-state index in [0.29, 0.717) is 12.8 Å². The van der Waals surface area contributed by atoms with E-state index in [1.807, 2.05) is 0 Å². The molecule has 1 aliphatic rings. The van der Waals surface area contributed by atoms with Gasteiger partial charge in [0.2, 0.25) is 0 Å². The molecule has 1 saturated heterocycles. The van der Waals surface area contributed by atoms with Crippen LogP contribution >= 0.6 is 0 Å². The Balaban J connectivity index is 2.44. The zero-order valence-corrected chi connectivity index (χ0v) is 33.9. The first-order valence-corrected chi connectivity index (χ1v) is 21.0. The van der Waals surface area contributed by atoms with Gasteiger partial charge in [0.25, 0.3) is 0 Å². The number of unbranched alkanes of at least 4 members (excludes halogenated alkanes) is 10. The van der Waals surface area contributed by atoms with Crippen LogP contribution < -0.4 is 0 Å². The maximum Gasteiger partial charge on any atom is 0.306 e. The minimum absolute atomic E-state index is 0.169. The summed E-state index contributed by atoms with van der Waals surface area (Å²) in [5.74, 6) is -0.905. The molecule has 1 rings (SSSR count). The molecule has 4 N–H and O–H groups in total. The summed E-state index contributed by atoms with van der Waals surface area (Å²) in [5, 5.41) is 40.0. The SMILES string of the molecule is CCCCC/C=C\C/C=C\C/C=C\CCCCC(=O)OC[C@H](CO[C@@H]1O[C@H](CO)[C@H](O)[C@H](O)[C@H]1O)OC(=O)CCCC/C=C\C/C=C\C/C=C\CCCCC. The van der Waals surface area contributed by atoms with Crippen molar-refractivity contribution in [2.75, 3.05) is 19.8 Å². The monoisotopic (exact) mass is 775 g/mol. The van der Waals surface area contributed by atoms with E-state index in [2.05, 4.69) is 86.8 Å². The summed E-state index contributed by atoms with van der Waals surface area (Å²) in [6.07, 6.45) is 36.2. The van der Waals surface area contributed by atoms with Crippen LogP contribution in [-0.2, 0) is 28.5 Å². The van der Waals surface area contributed by atoms with Gasteiger partial charge in [0.15, 0.2) is 12.4 Å². The van der Waals surface area contributed by atoms with Crippen molar-refractivity contribution in [1.82, 2.24) is 0 Å². The third-order valence-corrected chi connectivity index (χ3v) is 9.06. The number of hydrogen-bond acceptors (Lipinski definition) is 10. The number of esters is 2. The Morgan fingerprint density at radius 2 is 1.00 bits per heavy atom. The molecular formula is C45H74O10. The van der Waals surface area contributed by atoms with Gasteiger partial charge in [-0.05, 0) is 89.9 Å². The largest absolute Gasteiger partial charge is 0.462 e. The molecule has 0 unspecified atom stereocenters. The van der Waals surface area contributed by atoms with Gasteiger partial charge < -0.3 is 39.4 Å². The lowest BCUT2D eigenvalue weighted by Gasteiger charge is -2.39. The molecule has 0 radical (unpaired) electrons. The fraction of sp³-hybridized carbons (Fsp3) is 0.689. The minimum Gasteiger partial charge on any atom is -0.462 e. The Hall–Kier alpha value is -2.86. The second-order valence-corrected chi connectivity index (χ2v) is 14.1. The quantitative estimate of drug-likeness (QED) is 0.0291. The molecule has 0 aliphatic carbocycles. The maximum atomic E-state index is 12.7. The smallest absolute Gasteiger partial charge is 0.306 e. The lowest BCUT2D eigenvalue weighted by Crippen LogP contribution is -2.59. The standard InChI is InChI=1S/C45H74O10/c1-3-5-7-9-11-13-15-17-19-21-23-25-27-29-31-33-40(47)52-36-38(37-53-45-44(51)43(50)42(49)39(35-46)55-45)54-41(48)34-32-30-28-26-24-22-20-18-16-14-12-10-8-6-4-2/h11-14,17-20,23-26,38-39,42-46,49-51H,3-10,15-16,21-22,27-37H2,1-2H3/b13-11-,14-12-,19-17-,20-18-,25-23-,26-24-/t38-,39-,42+,43+,44-,45-/m1/s1. The lowest BCUT2D eigenvalue weighted by atomic mass is 9.99. The van der Waals surface area contributed by atoms with E-state index in [-0.39, 0.29) is 26.1 Å². The van der Waals surface area contributed by atoms with E-state index in [9.17, 15) is 30.0 Å². The summed E-state index contributed by atoms with van der Waals surface area (Å²) in [7, 11) is 0. The van der Waals surface area contributed by atoms with E-state index in [0.717, 1.165) is 64.2 Å². The molecule has 0 aromatic heterocycles. The Morgan fingerprint density at radius 3 is 1.45 bits per heavy atom. The first kappa shape index (κ1) is 50.2. The Bertz CT molecular complexity index is 1120. The highest BCUT2D eigenvalue weighted by atomic mass is 16.7. The fourth-order valence-electron chi connectivity index (χ4n) is 5.67. The van der Waals surface area contributed by atoms with E-state index >= 15 is 0 Å². The summed E-state index contributed by atoms with van der Waals surface area (Å²) in [5.41, 5.74) is 0. The first-order valence-electron chi connectivity index (χ1n) is 21.0. The van der Waals surface area contributed by atoms with Gasteiger partial charge in [-0.25, -0.2) is 0 Å². The van der Waals surface area contributed by atoms with Crippen LogP contribution in [-0.4, -0.2) is 89.0 Å². The topological polar surface area (TPSA) is 152 Å². The summed E-state index contributed by atoms with van der Waals surface area (Å²) in [6.45, 7) is 3.26. The highest BCUT2D eigenvalue weighted by Gasteiger charge is 2.44. The summed E-state index contributed by atoms with van der Waals surface area (Å²) in [4.78, 5) is 25.2. The molecule has 0 aromatic rings. The Morgan fingerprint density at radius 1 is 0.564 bits per heavy atom. The van der Waals surface area contributed by atoms with Gasteiger partial charge in [-0.3, -0.25) is 9.59 Å². The van der Waals surface area contributed by atoms with Crippen LogP contribution in [0.5, 0.6) is 0 Å². The van der Waals surface area contributed by atoms with Crippen LogP contribution in [0.4, 0.5) is 0 Å². The molecule has 0 aromatic carbocycles. The van der Waals surface area contributed by atoms with Crippen LogP contribution in [0.15, 0.2) is 72.9 Å². The molecule has 0 amide bonds. The zero-order chi connectivity index (χ0) is 40.2. The van der Waals surface area contributed by atoms with Crippen molar-refractivity contribution in [2.45, 2.75) is 179 Å². The maximum absolute atomic E-state index is 12.7. The molecule has 0 spiro atoms. The molecule has 1 aliphatic heterocycles. The zero-order valence-electron chi connectivity index (χ0n) is 33.9. The van der Waals surface area contributed by atoms with Gasteiger partial charge in [0, 0.05) is 12.8 Å². The molecule has 0 bridgehead atoms. The molecule has 55 heavy (non-hydrogen) atoms.